The molecule has 42 heavy (non-hydrogen) atoms. The summed E-state index contributed by atoms with van der Waals surface area (Å²) in [5, 5.41) is 4.75. The van der Waals surface area contributed by atoms with E-state index >= 15 is 0 Å². The number of nitrogens with zero attached hydrogens (tertiary/aromatic N) is 3. The zero-order valence-corrected chi connectivity index (χ0v) is 24.4. The molecule has 0 unspecified atom stereocenters. The number of carbonyl (C=O) groups excluding carboxylic acids is 2. The monoisotopic (exact) mass is 582 g/mol. The fourth-order valence-electron chi connectivity index (χ4n) is 6.09. The first-order valence-corrected chi connectivity index (χ1v) is 15.7. The number of carbonyl (C=O) groups is 2. The Balaban J connectivity index is 1.21. The van der Waals surface area contributed by atoms with E-state index in [-0.39, 0.29) is 43.0 Å². The second-order valence-electron chi connectivity index (χ2n) is 11.0. The predicted molar refractivity (Wildman–Crippen MR) is 165 cm³/mol. The molecule has 2 saturated heterocycles. The average molecular weight is 583 g/mol. The molecule has 4 aromatic carbocycles. The Hall–Kier alpha value is -4.21. The molecule has 0 atom stereocenters. The highest BCUT2D eigenvalue weighted by Gasteiger charge is 2.55. The number of nitrogens with one attached hydrogen (secondary N) is 1. The van der Waals surface area contributed by atoms with Crippen LogP contribution in [0.2, 0.25) is 0 Å². The zero-order valence-electron chi connectivity index (χ0n) is 23.6. The van der Waals surface area contributed by atoms with E-state index in [1.807, 2.05) is 89.8 Å². The van der Waals surface area contributed by atoms with Gasteiger partial charge in [0.1, 0.15) is 12.1 Å². The van der Waals surface area contributed by atoms with Crippen LogP contribution >= 0.6 is 0 Å². The first-order chi connectivity index (χ1) is 20.3. The minimum Gasteiger partial charge on any atom is -0.339 e. The van der Waals surface area contributed by atoms with E-state index in [9.17, 15) is 18.0 Å². The van der Waals surface area contributed by atoms with Crippen molar-refractivity contribution < 1.29 is 18.0 Å². The minimum atomic E-state index is -3.75. The van der Waals surface area contributed by atoms with Crippen LogP contribution in [0.4, 0.5) is 11.4 Å². The van der Waals surface area contributed by atoms with Crippen LogP contribution in [0, 0.1) is 0 Å². The van der Waals surface area contributed by atoms with Gasteiger partial charge in [-0.05, 0) is 72.0 Å². The van der Waals surface area contributed by atoms with E-state index < -0.39 is 15.6 Å². The molecule has 0 radical (unpaired) electrons. The van der Waals surface area contributed by atoms with Crippen molar-refractivity contribution in [3.8, 4) is 0 Å². The number of para-hydroxylation sites is 1. The molecule has 216 valence electrons. The molecule has 4 aromatic rings. The quantitative estimate of drug-likeness (QED) is 0.336. The van der Waals surface area contributed by atoms with Crippen molar-refractivity contribution in [1.82, 2.24) is 9.21 Å². The van der Waals surface area contributed by atoms with Crippen LogP contribution in [-0.2, 0) is 26.0 Å². The van der Waals surface area contributed by atoms with Crippen molar-refractivity contribution in [3.05, 3.63) is 103 Å². The highest BCUT2D eigenvalue weighted by atomic mass is 32.2. The molecule has 1 N–H and O–H groups in total. The van der Waals surface area contributed by atoms with Gasteiger partial charge in [0.05, 0.1) is 11.6 Å². The van der Waals surface area contributed by atoms with Gasteiger partial charge in [-0.2, -0.15) is 4.31 Å². The van der Waals surface area contributed by atoms with Gasteiger partial charge < -0.3 is 15.1 Å². The summed E-state index contributed by atoms with van der Waals surface area (Å²) < 4.78 is 28.8. The molecule has 0 aromatic heterocycles. The molecule has 2 heterocycles. The van der Waals surface area contributed by atoms with Gasteiger partial charge in [-0.1, -0.05) is 67.6 Å². The van der Waals surface area contributed by atoms with Crippen molar-refractivity contribution in [3.63, 3.8) is 0 Å². The number of sulfonamides is 1. The third-order valence-electron chi connectivity index (χ3n) is 8.47. The lowest BCUT2D eigenvalue weighted by Crippen LogP contribution is -2.57. The maximum atomic E-state index is 14.0. The summed E-state index contributed by atoms with van der Waals surface area (Å²) in [5.74, 6) is -0.417. The van der Waals surface area contributed by atoms with Crippen LogP contribution in [0.1, 0.15) is 25.3 Å². The molecule has 1 spiro atoms. The molecule has 9 heteroatoms. The third-order valence-corrected chi connectivity index (χ3v) is 10.4. The Morgan fingerprint density at radius 3 is 2.21 bits per heavy atom. The SMILES string of the molecule is CCc1ccc(NC(=O)CN2CN(c3ccccc3)C3(CCN(S(=O)(=O)c4ccc5ccccc5c4)CC3)C2=O)cc1. The summed E-state index contributed by atoms with van der Waals surface area (Å²) in [5.41, 5.74) is 1.80. The van der Waals surface area contributed by atoms with Crippen LogP contribution in [0.15, 0.2) is 102 Å². The van der Waals surface area contributed by atoms with Gasteiger partial charge in [0.25, 0.3) is 0 Å². The highest BCUT2D eigenvalue weighted by Crippen LogP contribution is 2.40. The van der Waals surface area contributed by atoms with Gasteiger partial charge in [-0.3, -0.25) is 9.59 Å². The molecule has 0 saturated carbocycles. The highest BCUT2D eigenvalue weighted by molar-refractivity contribution is 7.89. The number of hydrogen-bond donors (Lipinski definition) is 1. The maximum absolute atomic E-state index is 14.0. The number of fused-ring (bicyclic) bond motifs is 1. The number of benzene rings is 4. The third kappa shape index (κ3) is 5.14. The Kier molecular flexibility index (Phi) is 7.47. The molecule has 2 amide bonds. The smallest absolute Gasteiger partial charge is 0.250 e. The Morgan fingerprint density at radius 1 is 0.857 bits per heavy atom. The number of rotatable bonds is 7. The Bertz CT molecular complexity index is 1720. The van der Waals surface area contributed by atoms with Crippen molar-refractivity contribution in [2.24, 2.45) is 0 Å². The van der Waals surface area contributed by atoms with E-state index in [1.54, 1.807) is 17.0 Å². The molecular formula is C33H34N4O4S. The summed E-state index contributed by atoms with van der Waals surface area (Å²) in [6.45, 7) is 2.65. The van der Waals surface area contributed by atoms with Gasteiger partial charge in [-0.25, -0.2) is 8.42 Å². The predicted octanol–water partition coefficient (Wildman–Crippen LogP) is 4.87. The standard InChI is InChI=1S/C33H34N4O4S/c1-2-25-12-15-28(16-13-25)34-31(38)23-35-24-37(29-10-4-3-5-11-29)33(32(35)39)18-20-36(21-19-33)42(40,41)30-17-14-26-8-6-7-9-27(26)22-30/h3-17,22H,2,18-21,23-24H2,1H3,(H,34,38). The van der Waals surface area contributed by atoms with Crippen molar-refractivity contribution in [1.29, 1.82) is 0 Å². The summed E-state index contributed by atoms with van der Waals surface area (Å²) in [7, 11) is -3.75. The molecule has 2 aliphatic heterocycles. The summed E-state index contributed by atoms with van der Waals surface area (Å²) in [4.78, 5) is 30.9. The van der Waals surface area contributed by atoms with Gasteiger partial charge in [0.2, 0.25) is 21.8 Å². The van der Waals surface area contributed by atoms with Crippen LogP contribution in [-0.4, -0.2) is 61.3 Å². The first-order valence-electron chi connectivity index (χ1n) is 14.3. The van der Waals surface area contributed by atoms with Crippen molar-refractivity contribution >= 4 is 44.0 Å². The number of aryl methyl sites for hydroxylation is 1. The van der Waals surface area contributed by atoms with Gasteiger partial charge in [-0.15, -0.1) is 0 Å². The van der Waals surface area contributed by atoms with Crippen LogP contribution < -0.4 is 10.2 Å². The van der Waals surface area contributed by atoms with E-state index in [0.717, 1.165) is 22.9 Å². The maximum Gasteiger partial charge on any atom is 0.250 e. The lowest BCUT2D eigenvalue weighted by Gasteiger charge is -2.42. The lowest BCUT2D eigenvalue weighted by molar-refractivity contribution is -0.136. The normalized spacial score (nSPS) is 17.2. The number of piperidine rings is 1. The second-order valence-corrected chi connectivity index (χ2v) is 12.9. The minimum absolute atomic E-state index is 0.0848. The van der Waals surface area contributed by atoms with E-state index in [1.165, 1.54) is 9.87 Å². The number of anilines is 2. The van der Waals surface area contributed by atoms with Gasteiger partial charge >= 0.3 is 0 Å². The van der Waals surface area contributed by atoms with Crippen molar-refractivity contribution in [2.75, 3.05) is 36.5 Å². The largest absolute Gasteiger partial charge is 0.339 e. The molecule has 2 aliphatic rings. The first kappa shape index (κ1) is 27.9. The zero-order chi connectivity index (χ0) is 29.3. The summed E-state index contributed by atoms with van der Waals surface area (Å²) in [6.07, 6.45) is 1.56. The topological polar surface area (TPSA) is 90.0 Å². The fraction of sp³-hybridized carbons (Fsp3) is 0.273. The number of hydrogen-bond acceptors (Lipinski definition) is 5. The second kappa shape index (κ2) is 11.2. The molecule has 0 aliphatic carbocycles. The molecule has 8 nitrogen and oxygen atoms in total. The van der Waals surface area contributed by atoms with Gasteiger partial charge in [0, 0.05) is 24.5 Å². The summed E-state index contributed by atoms with van der Waals surface area (Å²) >= 11 is 0. The van der Waals surface area contributed by atoms with E-state index in [4.69, 9.17) is 0 Å². The van der Waals surface area contributed by atoms with E-state index in [0.29, 0.717) is 18.5 Å². The average Bonchev–Trinajstić information content (AvgIpc) is 3.27. The summed E-state index contributed by atoms with van der Waals surface area (Å²) in [6, 6.07) is 30.2. The molecule has 2 fully saturated rings. The Labute approximate surface area is 246 Å². The fourth-order valence-corrected chi connectivity index (χ4v) is 7.57. The van der Waals surface area contributed by atoms with Gasteiger partial charge in [0.15, 0.2) is 0 Å². The van der Waals surface area contributed by atoms with Crippen molar-refractivity contribution in [2.45, 2.75) is 36.6 Å². The van der Waals surface area contributed by atoms with Crippen LogP contribution in [0.25, 0.3) is 10.8 Å². The molecule has 6 rings (SSSR count). The molecule has 0 bridgehead atoms. The number of amides is 2. The van der Waals surface area contributed by atoms with E-state index in [2.05, 4.69) is 12.2 Å². The van der Waals surface area contributed by atoms with Crippen LogP contribution in [0.3, 0.4) is 0 Å². The lowest BCUT2D eigenvalue weighted by atomic mass is 9.86. The molecular weight excluding hydrogens is 548 g/mol. The Morgan fingerprint density at radius 2 is 1.52 bits per heavy atom. The van der Waals surface area contributed by atoms with Crippen LogP contribution in [0.5, 0.6) is 0 Å².